The molecule has 2 rings (SSSR count). The first-order valence-electron chi connectivity index (χ1n) is 6.04. The molecule has 1 aliphatic heterocycles. The number of carboxylic acids is 1. The Hall–Kier alpha value is -1.19. The van der Waals surface area contributed by atoms with Gasteiger partial charge in [0, 0.05) is 0 Å². The SMILES string of the molecule is C[C@H](COC[C@@H]1CO1)N(O)c1nc(Cl)nc(C(=O)O)c1Cl. The molecule has 1 aromatic rings. The van der Waals surface area contributed by atoms with E-state index in [9.17, 15) is 10.0 Å². The van der Waals surface area contributed by atoms with Crippen LogP contribution in [0.4, 0.5) is 5.82 Å². The van der Waals surface area contributed by atoms with E-state index in [2.05, 4.69) is 9.97 Å². The van der Waals surface area contributed by atoms with Gasteiger partial charge in [-0.1, -0.05) is 11.6 Å². The lowest BCUT2D eigenvalue weighted by molar-refractivity contribution is 0.0690. The topological polar surface area (TPSA) is 108 Å². The molecule has 0 saturated carbocycles. The van der Waals surface area contributed by atoms with E-state index >= 15 is 0 Å². The molecule has 0 radical (unpaired) electrons. The second kappa shape index (κ2) is 6.71. The number of aromatic carboxylic acids is 1. The molecule has 0 amide bonds. The molecule has 1 saturated heterocycles. The highest BCUT2D eigenvalue weighted by molar-refractivity contribution is 6.36. The van der Waals surface area contributed by atoms with Crippen LogP contribution in [0.3, 0.4) is 0 Å². The molecule has 0 aromatic carbocycles. The number of ether oxygens (including phenoxy) is 2. The zero-order valence-electron chi connectivity index (χ0n) is 11.0. The highest BCUT2D eigenvalue weighted by Gasteiger charge is 2.26. The average molecular weight is 338 g/mol. The summed E-state index contributed by atoms with van der Waals surface area (Å²) in [6, 6.07) is -0.520. The Morgan fingerprint density at radius 3 is 2.81 bits per heavy atom. The van der Waals surface area contributed by atoms with Crippen molar-refractivity contribution in [1.82, 2.24) is 9.97 Å². The fourth-order valence-electron chi connectivity index (χ4n) is 1.52. The number of hydroxylamine groups is 1. The first-order chi connectivity index (χ1) is 9.90. The Balaban J connectivity index is 2.09. The predicted molar refractivity (Wildman–Crippen MR) is 73.3 cm³/mol. The second-order valence-corrected chi connectivity index (χ2v) is 5.19. The zero-order chi connectivity index (χ0) is 15.6. The van der Waals surface area contributed by atoms with Crippen molar-refractivity contribution in [3.63, 3.8) is 0 Å². The zero-order valence-corrected chi connectivity index (χ0v) is 12.5. The summed E-state index contributed by atoms with van der Waals surface area (Å²) < 4.78 is 10.3. The van der Waals surface area contributed by atoms with Gasteiger partial charge in [0.05, 0.1) is 25.9 Å². The number of hydrogen-bond donors (Lipinski definition) is 2. The van der Waals surface area contributed by atoms with E-state index < -0.39 is 17.7 Å². The van der Waals surface area contributed by atoms with Crippen molar-refractivity contribution in [2.24, 2.45) is 0 Å². The molecule has 0 spiro atoms. The molecule has 8 nitrogen and oxygen atoms in total. The summed E-state index contributed by atoms with van der Waals surface area (Å²) >= 11 is 11.5. The number of halogens is 2. The van der Waals surface area contributed by atoms with Crippen molar-refractivity contribution in [2.45, 2.75) is 19.1 Å². The van der Waals surface area contributed by atoms with Crippen LogP contribution in [-0.4, -0.2) is 58.2 Å². The number of carboxylic acid groups (broad SMARTS) is 1. The van der Waals surface area contributed by atoms with Crippen LogP contribution < -0.4 is 5.06 Å². The maximum absolute atomic E-state index is 11.0. The number of rotatable bonds is 7. The second-order valence-electron chi connectivity index (χ2n) is 4.47. The van der Waals surface area contributed by atoms with Gasteiger partial charge in [-0.25, -0.2) is 14.8 Å². The number of carbonyl (C=O) groups is 1. The number of epoxide rings is 1. The molecule has 0 aliphatic carbocycles. The molecule has 0 bridgehead atoms. The van der Waals surface area contributed by atoms with E-state index in [0.717, 1.165) is 0 Å². The van der Waals surface area contributed by atoms with Gasteiger partial charge in [0.25, 0.3) is 0 Å². The lowest BCUT2D eigenvalue weighted by atomic mass is 10.3. The first kappa shape index (κ1) is 16.2. The summed E-state index contributed by atoms with van der Waals surface area (Å²) in [4.78, 5) is 18.3. The summed E-state index contributed by atoms with van der Waals surface area (Å²) in [7, 11) is 0. The highest BCUT2D eigenvalue weighted by Crippen LogP contribution is 2.28. The third-order valence-electron chi connectivity index (χ3n) is 2.71. The lowest BCUT2D eigenvalue weighted by Crippen LogP contribution is -2.35. The maximum atomic E-state index is 11.0. The first-order valence-corrected chi connectivity index (χ1v) is 6.79. The van der Waals surface area contributed by atoms with Gasteiger partial charge < -0.3 is 14.6 Å². The fraction of sp³-hybridized carbons (Fsp3) is 0.545. The largest absolute Gasteiger partial charge is 0.476 e. The van der Waals surface area contributed by atoms with E-state index in [1.165, 1.54) is 0 Å². The molecular formula is C11H13Cl2N3O5. The molecule has 2 atom stereocenters. The minimum atomic E-state index is -1.37. The summed E-state index contributed by atoms with van der Waals surface area (Å²) in [6.07, 6.45) is 0.111. The Labute approximate surface area is 130 Å². The van der Waals surface area contributed by atoms with Crippen LogP contribution in [-0.2, 0) is 9.47 Å². The van der Waals surface area contributed by atoms with Crippen molar-refractivity contribution >= 4 is 35.0 Å². The Kier molecular flexibility index (Phi) is 5.17. The summed E-state index contributed by atoms with van der Waals surface area (Å²) in [5, 5.41) is 19.1. The van der Waals surface area contributed by atoms with Crippen LogP contribution >= 0.6 is 23.2 Å². The van der Waals surface area contributed by atoms with E-state index in [4.69, 9.17) is 37.8 Å². The quantitative estimate of drug-likeness (QED) is 0.437. The van der Waals surface area contributed by atoms with Gasteiger partial charge in [0.2, 0.25) is 5.28 Å². The molecule has 2 heterocycles. The van der Waals surface area contributed by atoms with Crippen LogP contribution in [0.15, 0.2) is 0 Å². The third kappa shape index (κ3) is 4.14. The highest BCUT2D eigenvalue weighted by atomic mass is 35.5. The monoisotopic (exact) mass is 337 g/mol. The van der Waals surface area contributed by atoms with Crippen molar-refractivity contribution < 1.29 is 24.6 Å². The average Bonchev–Trinajstić information content (AvgIpc) is 3.23. The smallest absolute Gasteiger partial charge is 0.356 e. The van der Waals surface area contributed by atoms with Gasteiger partial charge in [-0.05, 0) is 18.5 Å². The van der Waals surface area contributed by atoms with Gasteiger partial charge in [-0.15, -0.1) is 0 Å². The number of hydrogen-bond acceptors (Lipinski definition) is 7. The minimum Gasteiger partial charge on any atom is -0.476 e. The van der Waals surface area contributed by atoms with Crippen LogP contribution in [0.2, 0.25) is 10.3 Å². The maximum Gasteiger partial charge on any atom is 0.356 e. The number of nitrogens with zero attached hydrogens (tertiary/aromatic N) is 3. The van der Waals surface area contributed by atoms with E-state index in [1.807, 2.05) is 0 Å². The third-order valence-corrected chi connectivity index (χ3v) is 3.23. The molecule has 10 heteroatoms. The standard InChI is InChI=1S/C11H13Cl2N3O5/c1-5(2-20-3-6-4-21-6)16(19)9-7(12)8(10(17)18)14-11(13)15-9/h5-6,19H,2-4H2,1H3,(H,17,18)/t5-,6-/m1/s1. The van der Waals surface area contributed by atoms with Gasteiger partial charge >= 0.3 is 5.97 Å². The van der Waals surface area contributed by atoms with Crippen molar-refractivity contribution in [3.05, 3.63) is 16.0 Å². The van der Waals surface area contributed by atoms with Crippen LogP contribution in [0.1, 0.15) is 17.4 Å². The van der Waals surface area contributed by atoms with E-state index in [0.29, 0.717) is 18.3 Å². The van der Waals surface area contributed by atoms with Crippen LogP contribution in [0, 0.1) is 0 Å². The van der Waals surface area contributed by atoms with Crippen molar-refractivity contribution in [3.8, 4) is 0 Å². The Bertz CT molecular complexity index is 541. The Morgan fingerprint density at radius 2 is 2.24 bits per heavy atom. The summed E-state index contributed by atoms with van der Waals surface area (Å²) in [5.74, 6) is -1.55. The van der Waals surface area contributed by atoms with Gasteiger partial charge in [-0.2, -0.15) is 4.98 Å². The molecule has 21 heavy (non-hydrogen) atoms. The number of anilines is 1. The van der Waals surface area contributed by atoms with Gasteiger partial charge in [-0.3, -0.25) is 5.21 Å². The predicted octanol–water partition coefficient (Wildman–Crippen LogP) is 1.48. The molecular weight excluding hydrogens is 325 g/mol. The van der Waals surface area contributed by atoms with E-state index in [1.54, 1.807) is 6.92 Å². The van der Waals surface area contributed by atoms with Gasteiger partial charge in [0.1, 0.15) is 11.1 Å². The van der Waals surface area contributed by atoms with Crippen LogP contribution in [0.5, 0.6) is 0 Å². The molecule has 2 N–H and O–H groups in total. The summed E-state index contributed by atoms with van der Waals surface area (Å²) in [6.45, 7) is 2.93. The summed E-state index contributed by atoms with van der Waals surface area (Å²) in [5.41, 5.74) is -0.481. The minimum absolute atomic E-state index is 0.111. The fourth-order valence-corrected chi connectivity index (χ4v) is 1.93. The molecule has 0 unspecified atom stereocenters. The number of aromatic nitrogens is 2. The van der Waals surface area contributed by atoms with Crippen LogP contribution in [0.25, 0.3) is 0 Å². The normalized spacial score (nSPS) is 18.4. The van der Waals surface area contributed by atoms with E-state index in [-0.39, 0.29) is 28.8 Å². The van der Waals surface area contributed by atoms with Crippen molar-refractivity contribution in [1.29, 1.82) is 0 Å². The molecule has 116 valence electrons. The molecule has 1 aliphatic rings. The van der Waals surface area contributed by atoms with Crippen molar-refractivity contribution in [2.75, 3.05) is 24.9 Å². The van der Waals surface area contributed by atoms with Gasteiger partial charge in [0.15, 0.2) is 11.5 Å². The molecule has 1 aromatic heterocycles. The molecule has 1 fully saturated rings. The Morgan fingerprint density at radius 1 is 1.57 bits per heavy atom. The lowest BCUT2D eigenvalue weighted by Gasteiger charge is -2.24.